The van der Waals surface area contributed by atoms with Gasteiger partial charge in [-0.05, 0) is 19.9 Å². The second-order valence-corrected chi connectivity index (χ2v) is 4.70. The molecule has 1 aliphatic heterocycles. The molecule has 0 amide bonds. The van der Waals surface area contributed by atoms with Crippen LogP contribution in [0.5, 0.6) is 0 Å². The largest absolute Gasteiger partial charge is 0.304 e. The van der Waals surface area contributed by atoms with E-state index in [2.05, 4.69) is 43.7 Å². The van der Waals surface area contributed by atoms with Crippen molar-refractivity contribution in [3.05, 3.63) is 0 Å². The third-order valence-electron chi connectivity index (χ3n) is 3.51. The van der Waals surface area contributed by atoms with Crippen LogP contribution >= 0.6 is 0 Å². The number of piperazine rings is 1. The van der Waals surface area contributed by atoms with E-state index in [-0.39, 0.29) is 5.54 Å². The molecule has 1 saturated heterocycles. The first-order chi connectivity index (χ1) is 6.50. The van der Waals surface area contributed by atoms with Crippen molar-refractivity contribution in [2.45, 2.75) is 26.3 Å². The van der Waals surface area contributed by atoms with Crippen LogP contribution in [0.1, 0.15) is 20.8 Å². The molecule has 1 aliphatic rings. The Morgan fingerprint density at radius 2 is 1.71 bits per heavy atom. The van der Waals surface area contributed by atoms with Crippen molar-refractivity contribution in [3.63, 3.8) is 0 Å². The normalized spacial score (nSPS) is 24.6. The van der Waals surface area contributed by atoms with Gasteiger partial charge in [0.1, 0.15) is 5.54 Å². The highest BCUT2D eigenvalue weighted by atomic mass is 15.3. The molecule has 0 spiro atoms. The molecule has 0 aromatic carbocycles. The van der Waals surface area contributed by atoms with E-state index in [4.69, 9.17) is 0 Å². The molecule has 0 aromatic heterocycles. The van der Waals surface area contributed by atoms with Crippen LogP contribution in [-0.4, -0.2) is 48.6 Å². The Kier molecular flexibility index (Phi) is 3.52. The topological polar surface area (TPSA) is 30.3 Å². The highest BCUT2D eigenvalue weighted by Gasteiger charge is 2.36. The molecule has 0 bridgehead atoms. The fourth-order valence-corrected chi connectivity index (χ4v) is 1.84. The van der Waals surface area contributed by atoms with Gasteiger partial charge in [0.05, 0.1) is 6.07 Å². The molecule has 80 valence electrons. The average molecular weight is 195 g/mol. The maximum atomic E-state index is 9.27. The molecule has 1 atom stereocenters. The molecule has 0 radical (unpaired) electrons. The zero-order valence-corrected chi connectivity index (χ0v) is 9.75. The van der Waals surface area contributed by atoms with E-state index in [0.29, 0.717) is 5.92 Å². The van der Waals surface area contributed by atoms with E-state index in [9.17, 15) is 5.26 Å². The summed E-state index contributed by atoms with van der Waals surface area (Å²) in [5.74, 6) is 0.385. The molecule has 1 fully saturated rings. The predicted octanol–water partition coefficient (Wildman–Crippen LogP) is 1.17. The Hall–Kier alpha value is -0.590. The fourth-order valence-electron chi connectivity index (χ4n) is 1.84. The van der Waals surface area contributed by atoms with Crippen LogP contribution in [0.15, 0.2) is 0 Å². The molecule has 1 rings (SSSR count). The lowest BCUT2D eigenvalue weighted by atomic mass is 9.87. The summed E-state index contributed by atoms with van der Waals surface area (Å²) in [5.41, 5.74) is -0.290. The van der Waals surface area contributed by atoms with Gasteiger partial charge < -0.3 is 4.90 Å². The predicted molar refractivity (Wildman–Crippen MR) is 57.9 cm³/mol. The summed E-state index contributed by atoms with van der Waals surface area (Å²) < 4.78 is 0. The molecule has 0 saturated carbocycles. The monoisotopic (exact) mass is 195 g/mol. The number of nitrogens with zero attached hydrogens (tertiary/aromatic N) is 3. The smallest absolute Gasteiger partial charge is 0.108 e. The van der Waals surface area contributed by atoms with Crippen molar-refractivity contribution in [1.82, 2.24) is 9.80 Å². The van der Waals surface area contributed by atoms with Crippen molar-refractivity contribution in [3.8, 4) is 6.07 Å². The molecular weight excluding hydrogens is 174 g/mol. The lowest BCUT2D eigenvalue weighted by Gasteiger charge is -2.43. The minimum atomic E-state index is -0.290. The van der Waals surface area contributed by atoms with Crippen LogP contribution in [0.25, 0.3) is 0 Å². The number of rotatable bonds is 2. The fraction of sp³-hybridized carbons (Fsp3) is 0.909. The molecule has 0 N–H and O–H groups in total. The van der Waals surface area contributed by atoms with Crippen LogP contribution in [0.2, 0.25) is 0 Å². The van der Waals surface area contributed by atoms with Gasteiger partial charge in [-0.2, -0.15) is 5.26 Å². The van der Waals surface area contributed by atoms with Crippen molar-refractivity contribution in [2.24, 2.45) is 5.92 Å². The highest BCUT2D eigenvalue weighted by molar-refractivity contribution is 5.08. The molecule has 1 heterocycles. The number of nitriles is 1. The van der Waals surface area contributed by atoms with Crippen LogP contribution in [0.4, 0.5) is 0 Å². The minimum absolute atomic E-state index is 0.290. The van der Waals surface area contributed by atoms with E-state index in [1.54, 1.807) is 0 Å². The van der Waals surface area contributed by atoms with Crippen LogP contribution in [-0.2, 0) is 0 Å². The minimum Gasteiger partial charge on any atom is -0.304 e. The summed E-state index contributed by atoms with van der Waals surface area (Å²) in [4.78, 5) is 4.63. The Morgan fingerprint density at radius 1 is 1.21 bits per heavy atom. The Labute approximate surface area is 87.3 Å². The van der Waals surface area contributed by atoms with E-state index < -0.39 is 0 Å². The molecule has 3 heteroatoms. The summed E-state index contributed by atoms with van der Waals surface area (Å²) >= 11 is 0. The molecular formula is C11H21N3. The Morgan fingerprint density at radius 3 is 2.07 bits per heavy atom. The molecule has 0 aromatic rings. The summed E-state index contributed by atoms with van der Waals surface area (Å²) in [5, 5.41) is 9.27. The van der Waals surface area contributed by atoms with E-state index in [1.807, 2.05) is 0 Å². The van der Waals surface area contributed by atoms with Crippen LogP contribution in [0.3, 0.4) is 0 Å². The molecule has 1 unspecified atom stereocenters. The van der Waals surface area contributed by atoms with Gasteiger partial charge in [0.2, 0.25) is 0 Å². The molecule has 0 aliphatic carbocycles. The zero-order chi connectivity index (χ0) is 10.8. The third kappa shape index (κ3) is 2.08. The summed E-state index contributed by atoms with van der Waals surface area (Å²) in [6, 6.07) is 2.47. The lowest BCUT2D eigenvalue weighted by Crippen LogP contribution is -2.56. The van der Waals surface area contributed by atoms with Gasteiger partial charge in [-0.1, -0.05) is 13.8 Å². The van der Waals surface area contributed by atoms with Crippen molar-refractivity contribution < 1.29 is 0 Å². The molecule has 3 nitrogen and oxygen atoms in total. The van der Waals surface area contributed by atoms with Crippen molar-refractivity contribution in [1.29, 1.82) is 5.26 Å². The van der Waals surface area contributed by atoms with Gasteiger partial charge in [-0.25, -0.2) is 0 Å². The summed E-state index contributed by atoms with van der Waals surface area (Å²) in [6.07, 6.45) is 0. The van der Waals surface area contributed by atoms with Gasteiger partial charge >= 0.3 is 0 Å². The third-order valence-corrected chi connectivity index (χ3v) is 3.51. The van der Waals surface area contributed by atoms with Gasteiger partial charge in [0.15, 0.2) is 0 Å². The van der Waals surface area contributed by atoms with Crippen molar-refractivity contribution in [2.75, 3.05) is 33.2 Å². The number of hydrogen-bond donors (Lipinski definition) is 0. The van der Waals surface area contributed by atoms with Crippen LogP contribution < -0.4 is 0 Å². The summed E-state index contributed by atoms with van der Waals surface area (Å²) in [6.45, 7) is 10.5. The van der Waals surface area contributed by atoms with Crippen molar-refractivity contribution >= 4 is 0 Å². The first kappa shape index (κ1) is 11.5. The van der Waals surface area contributed by atoms with Gasteiger partial charge in [0.25, 0.3) is 0 Å². The quantitative estimate of drug-likeness (QED) is 0.662. The average Bonchev–Trinajstić information content (AvgIpc) is 2.17. The first-order valence-electron chi connectivity index (χ1n) is 5.35. The maximum Gasteiger partial charge on any atom is 0.108 e. The Balaban J connectivity index is 2.68. The zero-order valence-electron chi connectivity index (χ0n) is 9.75. The molecule has 14 heavy (non-hydrogen) atoms. The second-order valence-electron chi connectivity index (χ2n) is 4.70. The highest BCUT2D eigenvalue weighted by Crippen LogP contribution is 2.24. The SMILES string of the molecule is CC(C)C(C)(C#N)N1CCN(C)CC1. The number of likely N-dealkylation sites (N-methyl/N-ethyl adjacent to an activating group) is 1. The van der Waals surface area contributed by atoms with Gasteiger partial charge in [-0.15, -0.1) is 0 Å². The second kappa shape index (κ2) is 4.29. The Bertz CT molecular complexity index is 223. The van der Waals surface area contributed by atoms with E-state index >= 15 is 0 Å². The standard InChI is InChI=1S/C11H21N3/c1-10(2)11(3,9-12)14-7-5-13(4)6-8-14/h10H,5-8H2,1-4H3. The number of hydrogen-bond acceptors (Lipinski definition) is 3. The maximum absolute atomic E-state index is 9.27. The van der Waals surface area contributed by atoms with Crippen LogP contribution in [0, 0.1) is 17.2 Å². The van der Waals surface area contributed by atoms with E-state index in [0.717, 1.165) is 26.2 Å². The first-order valence-corrected chi connectivity index (χ1v) is 5.35. The van der Waals surface area contributed by atoms with Gasteiger partial charge in [0, 0.05) is 26.2 Å². The van der Waals surface area contributed by atoms with E-state index in [1.165, 1.54) is 0 Å². The summed E-state index contributed by atoms with van der Waals surface area (Å²) in [7, 11) is 2.14. The lowest BCUT2D eigenvalue weighted by molar-refractivity contribution is 0.0568. The van der Waals surface area contributed by atoms with Gasteiger partial charge in [-0.3, -0.25) is 4.90 Å².